The first-order chi connectivity index (χ1) is 9.94. The van der Waals surface area contributed by atoms with E-state index in [-0.39, 0.29) is 6.04 Å². The van der Waals surface area contributed by atoms with E-state index in [1.165, 1.54) is 18.6 Å². The standard InChI is InChI=1S/C16H23F3N2/c1-2-11-6-7-13(8-11)15(21-20)10-12-4-3-5-14(9-12)16(17,18)19/h3-5,9,11,13,15,21H,2,6-8,10,20H2,1H3. The molecule has 1 aromatic rings. The molecule has 0 radical (unpaired) electrons. The van der Waals surface area contributed by atoms with Crippen molar-refractivity contribution in [3.8, 4) is 0 Å². The van der Waals surface area contributed by atoms with Crippen molar-refractivity contribution in [2.45, 2.75) is 51.2 Å². The molecule has 1 saturated carbocycles. The Balaban J connectivity index is 2.05. The number of hydrogen-bond acceptors (Lipinski definition) is 2. The third-order valence-electron chi connectivity index (χ3n) is 4.65. The zero-order valence-electron chi connectivity index (χ0n) is 12.3. The van der Waals surface area contributed by atoms with Gasteiger partial charge in [0, 0.05) is 6.04 Å². The Bertz CT molecular complexity index is 459. The summed E-state index contributed by atoms with van der Waals surface area (Å²) in [5.74, 6) is 6.82. The molecule has 1 fully saturated rings. The summed E-state index contributed by atoms with van der Waals surface area (Å²) in [6.45, 7) is 2.19. The highest BCUT2D eigenvalue weighted by Gasteiger charge is 2.32. The van der Waals surface area contributed by atoms with Crippen molar-refractivity contribution in [3.05, 3.63) is 35.4 Å². The maximum atomic E-state index is 12.7. The van der Waals surface area contributed by atoms with Crippen molar-refractivity contribution in [2.24, 2.45) is 17.7 Å². The summed E-state index contributed by atoms with van der Waals surface area (Å²) in [5, 5.41) is 0. The second-order valence-corrected chi connectivity index (χ2v) is 6.02. The molecule has 0 amide bonds. The van der Waals surface area contributed by atoms with Gasteiger partial charge in [0.15, 0.2) is 0 Å². The van der Waals surface area contributed by atoms with Crippen LogP contribution in [0.3, 0.4) is 0 Å². The Labute approximate surface area is 123 Å². The predicted molar refractivity (Wildman–Crippen MR) is 77.4 cm³/mol. The van der Waals surface area contributed by atoms with E-state index < -0.39 is 11.7 Å². The molecule has 0 heterocycles. The first kappa shape index (κ1) is 16.3. The number of alkyl halides is 3. The number of rotatable bonds is 5. The van der Waals surface area contributed by atoms with Gasteiger partial charge in [0.05, 0.1) is 5.56 Å². The molecule has 5 heteroatoms. The van der Waals surface area contributed by atoms with Gasteiger partial charge in [-0.2, -0.15) is 13.2 Å². The summed E-state index contributed by atoms with van der Waals surface area (Å²) in [6, 6.07) is 5.60. The first-order valence-electron chi connectivity index (χ1n) is 7.56. The summed E-state index contributed by atoms with van der Waals surface area (Å²) < 4.78 is 38.2. The molecule has 3 atom stereocenters. The van der Waals surface area contributed by atoms with Crippen molar-refractivity contribution in [2.75, 3.05) is 0 Å². The number of nitrogens with two attached hydrogens (primary N) is 1. The molecule has 1 aliphatic rings. The van der Waals surface area contributed by atoms with Crippen LogP contribution in [0, 0.1) is 11.8 Å². The van der Waals surface area contributed by atoms with Crippen molar-refractivity contribution in [3.63, 3.8) is 0 Å². The van der Waals surface area contributed by atoms with Crippen LogP contribution in [-0.4, -0.2) is 6.04 Å². The lowest BCUT2D eigenvalue weighted by Gasteiger charge is -2.23. The average molecular weight is 300 g/mol. The van der Waals surface area contributed by atoms with E-state index in [1.807, 2.05) is 0 Å². The van der Waals surface area contributed by atoms with Gasteiger partial charge >= 0.3 is 6.18 Å². The Morgan fingerprint density at radius 1 is 1.33 bits per heavy atom. The molecule has 1 aromatic carbocycles. The van der Waals surface area contributed by atoms with Gasteiger partial charge in [-0.1, -0.05) is 38.0 Å². The van der Waals surface area contributed by atoms with Crippen LogP contribution in [0.15, 0.2) is 24.3 Å². The number of benzene rings is 1. The zero-order chi connectivity index (χ0) is 15.5. The fourth-order valence-electron chi connectivity index (χ4n) is 3.34. The topological polar surface area (TPSA) is 38.0 Å². The molecule has 0 aromatic heterocycles. The Morgan fingerprint density at radius 2 is 2.10 bits per heavy atom. The molecule has 0 bridgehead atoms. The highest BCUT2D eigenvalue weighted by atomic mass is 19.4. The van der Waals surface area contributed by atoms with Crippen LogP contribution >= 0.6 is 0 Å². The van der Waals surface area contributed by atoms with Crippen LogP contribution in [0.25, 0.3) is 0 Å². The lowest BCUT2D eigenvalue weighted by atomic mass is 9.91. The van der Waals surface area contributed by atoms with Crippen LogP contribution in [0.4, 0.5) is 13.2 Å². The van der Waals surface area contributed by atoms with E-state index in [0.29, 0.717) is 17.9 Å². The van der Waals surface area contributed by atoms with Gasteiger partial charge in [0.25, 0.3) is 0 Å². The third-order valence-corrected chi connectivity index (χ3v) is 4.65. The number of hydrogen-bond donors (Lipinski definition) is 2. The molecular formula is C16H23F3N2. The van der Waals surface area contributed by atoms with Crippen molar-refractivity contribution in [1.29, 1.82) is 0 Å². The highest BCUT2D eigenvalue weighted by Crippen LogP contribution is 2.36. The molecule has 2 rings (SSSR count). The largest absolute Gasteiger partial charge is 0.416 e. The Hall–Kier alpha value is -1.07. The van der Waals surface area contributed by atoms with Crippen LogP contribution in [0.5, 0.6) is 0 Å². The van der Waals surface area contributed by atoms with Crippen molar-refractivity contribution < 1.29 is 13.2 Å². The minimum Gasteiger partial charge on any atom is -0.271 e. The summed E-state index contributed by atoms with van der Waals surface area (Å²) in [4.78, 5) is 0. The lowest BCUT2D eigenvalue weighted by Crippen LogP contribution is -2.41. The fourth-order valence-corrected chi connectivity index (χ4v) is 3.34. The fraction of sp³-hybridized carbons (Fsp3) is 0.625. The van der Waals surface area contributed by atoms with E-state index >= 15 is 0 Å². The lowest BCUT2D eigenvalue weighted by molar-refractivity contribution is -0.137. The molecule has 21 heavy (non-hydrogen) atoms. The summed E-state index contributed by atoms with van der Waals surface area (Å²) in [5.41, 5.74) is 2.91. The van der Waals surface area contributed by atoms with Gasteiger partial charge in [-0.15, -0.1) is 0 Å². The van der Waals surface area contributed by atoms with Crippen molar-refractivity contribution in [1.82, 2.24) is 5.43 Å². The van der Waals surface area contributed by atoms with Crippen LogP contribution in [-0.2, 0) is 12.6 Å². The monoisotopic (exact) mass is 300 g/mol. The molecule has 1 aliphatic carbocycles. The summed E-state index contributed by atoms with van der Waals surface area (Å²) in [7, 11) is 0. The molecule has 3 N–H and O–H groups in total. The van der Waals surface area contributed by atoms with E-state index in [4.69, 9.17) is 5.84 Å². The smallest absolute Gasteiger partial charge is 0.271 e. The molecule has 3 unspecified atom stereocenters. The Kier molecular flexibility index (Phi) is 5.27. The number of halogens is 3. The Morgan fingerprint density at radius 3 is 2.67 bits per heavy atom. The normalized spacial score (nSPS) is 24.2. The molecular weight excluding hydrogens is 277 g/mol. The van der Waals surface area contributed by atoms with Gasteiger partial charge in [-0.3, -0.25) is 11.3 Å². The quantitative estimate of drug-likeness (QED) is 0.639. The van der Waals surface area contributed by atoms with Crippen LogP contribution in [0.2, 0.25) is 0 Å². The first-order valence-corrected chi connectivity index (χ1v) is 7.56. The maximum Gasteiger partial charge on any atom is 0.416 e. The summed E-state index contributed by atoms with van der Waals surface area (Å²) in [6.07, 6.45) is 0.833. The van der Waals surface area contributed by atoms with Crippen molar-refractivity contribution >= 4 is 0 Å². The molecule has 0 saturated heterocycles. The highest BCUT2D eigenvalue weighted by molar-refractivity contribution is 5.26. The SMILES string of the molecule is CCC1CCC(C(Cc2cccc(C(F)(F)F)c2)NN)C1. The number of hydrazine groups is 1. The van der Waals surface area contributed by atoms with E-state index in [1.54, 1.807) is 6.07 Å². The van der Waals surface area contributed by atoms with Gasteiger partial charge < -0.3 is 0 Å². The molecule has 2 nitrogen and oxygen atoms in total. The maximum absolute atomic E-state index is 12.7. The van der Waals surface area contributed by atoms with E-state index in [2.05, 4.69) is 12.3 Å². The second-order valence-electron chi connectivity index (χ2n) is 6.02. The van der Waals surface area contributed by atoms with E-state index in [9.17, 15) is 13.2 Å². The second kappa shape index (κ2) is 6.79. The number of nitrogens with one attached hydrogen (secondary N) is 1. The van der Waals surface area contributed by atoms with Gasteiger partial charge in [-0.05, 0) is 42.7 Å². The van der Waals surface area contributed by atoms with Gasteiger partial charge in [-0.25, -0.2) is 0 Å². The minimum atomic E-state index is -4.29. The predicted octanol–water partition coefficient (Wildman–Crippen LogP) is 3.91. The third kappa shape index (κ3) is 4.20. The van der Waals surface area contributed by atoms with Crippen LogP contribution in [0.1, 0.15) is 43.7 Å². The minimum absolute atomic E-state index is 0.0463. The zero-order valence-corrected chi connectivity index (χ0v) is 12.3. The van der Waals surface area contributed by atoms with Gasteiger partial charge in [0.2, 0.25) is 0 Å². The summed E-state index contributed by atoms with van der Waals surface area (Å²) >= 11 is 0. The average Bonchev–Trinajstić information content (AvgIpc) is 2.93. The molecule has 0 aliphatic heterocycles. The van der Waals surface area contributed by atoms with Crippen LogP contribution < -0.4 is 11.3 Å². The molecule has 118 valence electrons. The molecule has 0 spiro atoms. The van der Waals surface area contributed by atoms with E-state index in [0.717, 1.165) is 31.2 Å². The van der Waals surface area contributed by atoms with Gasteiger partial charge in [0.1, 0.15) is 0 Å².